The molecule has 0 radical (unpaired) electrons. The molecule has 2 rings (SSSR count). The van der Waals surface area contributed by atoms with E-state index in [1.54, 1.807) is 42.5 Å². The fraction of sp³-hybridized carbons (Fsp3) is 0.167. The average molecular weight is 408 g/mol. The standard InChI is InChI=1S/C18H18ClN3O4S/c1-12-9-13(19)7-8-15(12)26-11-17(24)21-22-18(27)20-16(23)10-25-14-5-3-2-4-6-14/h2-9H,10-11H2,1H3,(H,21,24)(H2,20,22,23,27). The van der Waals surface area contributed by atoms with Crippen LogP contribution in [0.25, 0.3) is 0 Å². The summed E-state index contributed by atoms with van der Waals surface area (Å²) < 4.78 is 10.7. The van der Waals surface area contributed by atoms with Gasteiger partial charge in [-0.05, 0) is 55.0 Å². The third-order valence-electron chi connectivity index (χ3n) is 3.18. The molecule has 0 aromatic heterocycles. The minimum Gasteiger partial charge on any atom is -0.484 e. The van der Waals surface area contributed by atoms with Gasteiger partial charge in [-0.1, -0.05) is 29.8 Å². The molecule has 0 saturated carbocycles. The summed E-state index contributed by atoms with van der Waals surface area (Å²) in [7, 11) is 0. The predicted octanol–water partition coefficient (Wildman–Crippen LogP) is 2.13. The van der Waals surface area contributed by atoms with E-state index in [-0.39, 0.29) is 18.3 Å². The van der Waals surface area contributed by atoms with E-state index in [0.29, 0.717) is 16.5 Å². The van der Waals surface area contributed by atoms with E-state index in [4.69, 9.17) is 33.3 Å². The molecule has 0 fully saturated rings. The fourth-order valence-electron chi connectivity index (χ4n) is 1.94. The molecule has 0 bridgehead atoms. The number of thiocarbonyl (C=S) groups is 1. The van der Waals surface area contributed by atoms with Crippen LogP contribution < -0.4 is 25.6 Å². The van der Waals surface area contributed by atoms with Crippen molar-refractivity contribution in [3.8, 4) is 11.5 Å². The van der Waals surface area contributed by atoms with Gasteiger partial charge in [0.15, 0.2) is 18.3 Å². The topological polar surface area (TPSA) is 88.7 Å². The highest BCUT2D eigenvalue weighted by Crippen LogP contribution is 2.21. The number of carbonyl (C=O) groups excluding carboxylic acids is 2. The van der Waals surface area contributed by atoms with Crippen LogP contribution in [0.5, 0.6) is 11.5 Å². The molecule has 2 aromatic rings. The second kappa shape index (κ2) is 10.3. The molecule has 2 aromatic carbocycles. The molecule has 0 aliphatic carbocycles. The van der Waals surface area contributed by atoms with Crippen molar-refractivity contribution in [2.75, 3.05) is 13.2 Å². The number of nitrogens with one attached hydrogen (secondary N) is 3. The van der Waals surface area contributed by atoms with Gasteiger partial charge in [0.05, 0.1) is 0 Å². The fourth-order valence-corrected chi connectivity index (χ4v) is 2.33. The summed E-state index contributed by atoms with van der Waals surface area (Å²) in [5.74, 6) is 0.179. The Labute approximate surface area is 167 Å². The molecule has 0 spiro atoms. The van der Waals surface area contributed by atoms with E-state index in [0.717, 1.165) is 5.56 Å². The summed E-state index contributed by atoms with van der Waals surface area (Å²) in [5, 5.41) is 2.90. The van der Waals surface area contributed by atoms with Gasteiger partial charge in [0.2, 0.25) is 0 Å². The number of carbonyl (C=O) groups is 2. The molecule has 0 aliphatic heterocycles. The number of benzene rings is 2. The zero-order valence-corrected chi connectivity index (χ0v) is 16.0. The zero-order valence-electron chi connectivity index (χ0n) is 14.5. The Morgan fingerprint density at radius 1 is 1.00 bits per heavy atom. The number of para-hydroxylation sites is 1. The van der Waals surface area contributed by atoms with Gasteiger partial charge in [-0.15, -0.1) is 0 Å². The summed E-state index contributed by atoms with van der Waals surface area (Å²) in [6.45, 7) is 1.38. The average Bonchev–Trinajstić information content (AvgIpc) is 2.65. The van der Waals surface area contributed by atoms with Gasteiger partial charge < -0.3 is 9.47 Å². The van der Waals surface area contributed by atoms with Crippen LogP contribution in [0.3, 0.4) is 0 Å². The lowest BCUT2D eigenvalue weighted by Crippen LogP contribution is -2.50. The van der Waals surface area contributed by atoms with E-state index in [2.05, 4.69) is 16.2 Å². The summed E-state index contributed by atoms with van der Waals surface area (Å²) in [4.78, 5) is 23.5. The zero-order chi connectivity index (χ0) is 19.6. The van der Waals surface area contributed by atoms with Crippen molar-refractivity contribution in [1.82, 2.24) is 16.2 Å². The van der Waals surface area contributed by atoms with Crippen molar-refractivity contribution in [1.29, 1.82) is 0 Å². The number of aryl methyl sites for hydroxylation is 1. The second-order valence-electron chi connectivity index (χ2n) is 5.35. The number of rotatable bonds is 6. The first-order valence-electron chi connectivity index (χ1n) is 7.89. The Balaban J connectivity index is 1.65. The van der Waals surface area contributed by atoms with Crippen LogP contribution in [0.4, 0.5) is 0 Å². The number of hydrazine groups is 1. The maximum atomic E-state index is 11.8. The van der Waals surface area contributed by atoms with E-state index in [1.165, 1.54) is 0 Å². The normalized spacial score (nSPS) is 9.85. The van der Waals surface area contributed by atoms with Crippen molar-refractivity contribution >= 4 is 40.7 Å². The molecule has 0 aliphatic rings. The SMILES string of the molecule is Cc1cc(Cl)ccc1OCC(=O)NNC(=S)NC(=O)COc1ccccc1. The molecule has 142 valence electrons. The minimum atomic E-state index is -0.471. The Morgan fingerprint density at radius 3 is 2.41 bits per heavy atom. The number of halogens is 1. The van der Waals surface area contributed by atoms with E-state index in [9.17, 15) is 9.59 Å². The highest BCUT2D eigenvalue weighted by atomic mass is 35.5. The molecule has 3 N–H and O–H groups in total. The molecular weight excluding hydrogens is 390 g/mol. The number of hydrogen-bond acceptors (Lipinski definition) is 5. The Morgan fingerprint density at radius 2 is 1.70 bits per heavy atom. The lowest BCUT2D eigenvalue weighted by Gasteiger charge is -2.12. The van der Waals surface area contributed by atoms with Crippen molar-refractivity contribution in [2.45, 2.75) is 6.92 Å². The smallest absolute Gasteiger partial charge is 0.276 e. The van der Waals surface area contributed by atoms with E-state index >= 15 is 0 Å². The lowest BCUT2D eigenvalue weighted by atomic mass is 10.2. The van der Waals surface area contributed by atoms with Crippen molar-refractivity contribution in [3.63, 3.8) is 0 Å². The van der Waals surface area contributed by atoms with Crippen LogP contribution in [0.15, 0.2) is 48.5 Å². The molecule has 0 heterocycles. The maximum absolute atomic E-state index is 11.8. The minimum absolute atomic E-state index is 0.0623. The van der Waals surface area contributed by atoms with Crippen LogP contribution >= 0.6 is 23.8 Å². The third-order valence-corrected chi connectivity index (χ3v) is 3.62. The second-order valence-corrected chi connectivity index (χ2v) is 6.20. The highest BCUT2D eigenvalue weighted by molar-refractivity contribution is 7.80. The lowest BCUT2D eigenvalue weighted by molar-refractivity contribution is -0.124. The van der Waals surface area contributed by atoms with Gasteiger partial charge in [0, 0.05) is 5.02 Å². The van der Waals surface area contributed by atoms with Crippen LogP contribution in [0.1, 0.15) is 5.56 Å². The van der Waals surface area contributed by atoms with Crippen LogP contribution in [-0.2, 0) is 9.59 Å². The number of ether oxygens (including phenoxy) is 2. The van der Waals surface area contributed by atoms with Crippen LogP contribution in [-0.4, -0.2) is 30.1 Å². The van der Waals surface area contributed by atoms with Crippen molar-refractivity contribution in [2.24, 2.45) is 0 Å². The molecule has 9 heteroatoms. The Bertz CT molecular complexity index is 818. The number of amides is 2. The Hall–Kier alpha value is -2.84. The van der Waals surface area contributed by atoms with Gasteiger partial charge >= 0.3 is 0 Å². The van der Waals surface area contributed by atoms with Crippen molar-refractivity contribution in [3.05, 3.63) is 59.1 Å². The van der Waals surface area contributed by atoms with Crippen LogP contribution in [0.2, 0.25) is 5.02 Å². The number of hydrogen-bond donors (Lipinski definition) is 3. The molecule has 0 saturated heterocycles. The first-order chi connectivity index (χ1) is 12.9. The van der Waals surface area contributed by atoms with Crippen LogP contribution in [0, 0.1) is 6.92 Å². The van der Waals surface area contributed by atoms with Gasteiger partial charge in [0.1, 0.15) is 11.5 Å². The third kappa shape index (κ3) is 7.51. The summed E-state index contributed by atoms with van der Waals surface area (Å²) in [5.41, 5.74) is 5.55. The largest absolute Gasteiger partial charge is 0.484 e. The molecule has 7 nitrogen and oxygen atoms in total. The Kier molecular flexibility index (Phi) is 7.84. The molecule has 0 unspecified atom stereocenters. The van der Waals surface area contributed by atoms with E-state index < -0.39 is 11.8 Å². The monoisotopic (exact) mass is 407 g/mol. The first-order valence-corrected chi connectivity index (χ1v) is 8.68. The molecule has 27 heavy (non-hydrogen) atoms. The van der Waals surface area contributed by atoms with E-state index in [1.807, 2.05) is 13.0 Å². The quantitative estimate of drug-likeness (QED) is 0.502. The predicted molar refractivity (Wildman–Crippen MR) is 106 cm³/mol. The van der Waals surface area contributed by atoms with Crippen molar-refractivity contribution < 1.29 is 19.1 Å². The van der Waals surface area contributed by atoms with Gasteiger partial charge in [-0.25, -0.2) is 0 Å². The summed E-state index contributed by atoms with van der Waals surface area (Å²) >= 11 is 10.8. The van der Waals surface area contributed by atoms with Gasteiger partial charge in [-0.2, -0.15) is 0 Å². The highest BCUT2D eigenvalue weighted by Gasteiger charge is 2.08. The van der Waals surface area contributed by atoms with Gasteiger partial charge in [0.25, 0.3) is 11.8 Å². The molecule has 2 amide bonds. The first kappa shape index (κ1) is 20.5. The summed E-state index contributed by atoms with van der Waals surface area (Å²) in [6.07, 6.45) is 0. The summed E-state index contributed by atoms with van der Waals surface area (Å²) in [6, 6.07) is 14.0. The maximum Gasteiger partial charge on any atom is 0.276 e. The molecule has 0 atom stereocenters. The van der Waals surface area contributed by atoms with Gasteiger partial charge in [-0.3, -0.25) is 25.8 Å². The molecular formula is C18H18ClN3O4S.